The van der Waals surface area contributed by atoms with E-state index in [1.54, 1.807) is 39.8 Å². The molecule has 9 heteroatoms. The molecule has 180 valence electrons. The van der Waals surface area contributed by atoms with E-state index in [4.69, 9.17) is 18.6 Å². The van der Waals surface area contributed by atoms with Gasteiger partial charge in [-0.1, -0.05) is 0 Å². The SMILES string of the molecule is COc1cc(-c2cc3nccc(-c4ccnc(C(=O)N5CCNCC5)c4)c3o2)cc(OC)c1OC. The molecule has 1 N–H and O–H groups in total. The van der Waals surface area contributed by atoms with Gasteiger partial charge in [0.1, 0.15) is 17.0 Å². The van der Waals surface area contributed by atoms with E-state index in [1.807, 2.05) is 35.2 Å². The van der Waals surface area contributed by atoms with Crippen molar-refractivity contribution in [1.29, 1.82) is 0 Å². The van der Waals surface area contributed by atoms with Crippen molar-refractivity contribution in [2.45, 2.75) is 0 Å². The summed E-state index contributed by atoms with van der Waals surface area (Å²) in [5.41, 5.74) is 4.13. The van der Waals surface area contributed by atoms with Crippen molar-refractivity contribution in [1.82, 2.24) is 20.2 Å². The molecule has 0 saturated carbocycles. The molecular formula is C26H26N4O5. The van der Waals surface area contributed by atoms with Crippen molar-refractivity contribution < 1.29 is 23.4 Å². The van der Waals surface area contributed by atoms with Crippen molar-refractivity contribution in [3.05, 3.63) is 54.5 Å². The normalized spacial score (nSPS) is 13.6. The summed E-state index contributed by atoms with van der Waals surface area (Å²) in [5, 5.41) is 3.26. The molecule has 1 aliphatic rings. The number of furan rings is 1. The third kappa shape index (κ3) is 4.26. The lowest BCUT2D eigenvalue weighted by molar-refractivity contribution is 0.0730. The molecule has 9 nitrogen and oxygen atoms in total. The molecule has 3 aromatic heterocycles. The highest BCUT2D eigenvalue weighted by Gasteiger charge is 2.21. The number of benzene rings is 1. The Morgan fingerprint density at radius 2 is 1.63 bits per heavy atom. The van der Waals surface area contributed by atoms with Crippen molar-refractivity contribution >= 4 is 17.0 Å². The molecule has 0 spiro atoms. The van der Waals surface area contributed by atoms with Gasteiger partial charge < -0.3 is 28.8 Å². The Balaban J connectivity index is 1.55. The van der Waals surface area contributed by atoms with Crippen LogP contribution in [0.15, 0.2) is 53.2 Å². The Morgan fingerprint density at radius 3 is 2.31 bits per heavy atom. The van der Waals surface area contributed by atoms with Gasteiger partial charge in [0.05, 0.1) is 21.3 Å². The third-order valence-corrected chi connectivity index (χ3v) is 6.06. The number of rotatable bonds is 6. The fourth-order valence-corrected chi connectivity index (χ4v) is 4.28. The molecule has 1 amide bonds. The number of hydrogen-bond acceptors (Lipinski definition) is 8. The number of carbonyl (C=O) groups is 1. The van der Waals surface area contributed by atoms with Gasteiger partial charge in [-0.3, -0.25) is 14.8 Å². The second-order valence-electron chi connectivity index (χ2n) is 8.07. The molecule has 1 aromatic carbocycles. The average molecular weight is 475 g/mol. The molecule has 1 fully saturated rings. The van der Waals surface area contributed by atoms with E-state index in [1.165, 1.54) is 0 Å². The molecule has 35 heavy (non-hydrogen) atoms. The zero-order valence-corrected chi connectivity index (χ0v) is 19.8. The van der Waals surface area contributed by atoms with E-state index in [2.05, 4.69) is 15.3 Å². The highest BCUT2D eigenvalue weighted by atomic mass is 16.5. The maximum absolute atomic E-state index is 13.0. The first-order valence-electron chi connectivity index (χ1n) is 11.3. The van der Waals surface area contributed by atoms with Crippen LogP contribution in [0.2, 0.25) is 0 Å². The van der Waals surface area contributed by atoms with Gasteiger partial charge in [0.25, 0.3) is 5.91 Å². The van der Waals surface area contributed by atoms with Crippen molar-refractivity contribution in [2.24, 2.45) is 0 Å². The first kappa shape index (κ1) is 22.7. The fraction of sp³-hybridized carbons (Fsp3) is 0.269. The number of amides is 1. The van der Waals surface area contributed by atoms with Gasteiger partial charge in [0.15, 0.2) is 17.1 Å². The first-order chi connectivity index (χ1) is 17.1. The predicted molar refractivity (Wildman–Crippen MR) is 131 cm³/mol. The van der Waals surface area contributed by atoms with E-state index < -0.39 is 0 Å². The summed E-state index contributed by atoms with van der Waals surface area (Å²) in [6.45, 7) is 2.90. The van der Waals surface area contributed by atoms with Crippen molar-refractivity contribution in [3.8, 4) is 39.7 Å². The summed E-state index contributed by atoms with van der Waals surface area (Å²) in [7, 11) is 4.71. The summed E-state index contributed by atoms with van der Waals surface area (Å²) in [5.74, 6) is 2.09. The Kier molecular flexibility index (Phi) is 6.24. The molecule has 5 rings (SSSR count). The average Bonchev–Trinajstić information content (AvgIpc) is 3.37. The number of pyridine rings is 2. The molecule has 0 unspecified atom stereocenters. The Hall–Kier alpha value is -4.11. The lowest BCUT2D eigenvalue weighted by atomic mass is 10.1. The highest BCUT2D eigenvalue weighted by molar-refractivity contribution is 5.96. The number of aromatic nitrogens is 2. The number of methoxy groups -OCH3 is 3. The Bertz CT molecular complexity index is 1350. The summed E-state index contributed by atoms with van der Waals surface area (Å²) in [6.07, 6.45) is 3.38. The van der Waals surface area contributed by atoms with Gasteiger partial charge in [0, 0.05) is 55.8 Å². The molecule has 0 atom stereocenters. The van der Waals surface area contributed by atoms with Crippen LogP contribution in [0.5, 0.6) is 17.2 Å². The van der Waals surface area contributed by atoms with Crippen LogP contribution in [0.1, 0.15) is 10.5 Å². The number of nitrogens with zero attached hydrogens (tertiary/aromatic N) is 3. The van der Waals surface area contributed by atoms with Gasteiger partial charge in [-0.15, -0.1) is 0 Å². The second-order valence-corrected chi connectivity index (χ2v) is 8.07. The predicted octanol–water partition coefficient (Wildman–Crippen LogP) is 3.63. The zero-order valence-electron chi connectivity index (χ0n) is 19.8. The maximum Gasteiger partial charge on any atom is 0.272 e. The van der Waals surface area contributed by atoms with Gasteiger partial charge in [0.2, 0.25) is 5.75 Å². The summed E-state index contributed by atoms with van der Waals surface area (Å²) in [4.78, 5) is 23.6. The van der Waals surface area contributed by atoms with Gasteiger partial charge in [-0.2, -0.15) is 0 Å². The summed E-state index contributed by atoms with van der Waals surface area (Å²) in [6, 6.07) is 11.1. The monoisotopic (exact) mass is 474 g/mol. The van der Waals surface area contributed by atoms with E-state index in [0.29, 0.717) is 52.9 Å². The lowest BCUT2D eigenvalue weighted by Gasteiger charge is -2.27. The molecule has 0 radical (unpaired) electrons. The van der Waals surface area contributed by atoms with Crippen LogP contribution < -0.4 is 19.5 Å². The molecule has 0 aliphatic carbocycles. The molecule has 4 heterocycles. The van der Waals surface area contributed by atoms with Gasteiger partial charge in [-0.25, -0.2) is 0 Å². The van der Waals surface area contributed by atoms with Gasteiger partial charge >= 0.3 is 0 Å². The largest absolute Gasteiger partial charge is 0.493 e. The molecular weight excluding hydrogens is 448 g/mol. The fourth-order valence-electron chi connectivity index (χ4n) is 4.28. The number of carbonyl (C=O) groups excluding carboxylic acids is 1. The molecule has 1 aliphatic heterocycles. The van der Waals surface area contributed by atoms with E-state index in [0.717, 1.165) is 29.8 Å². The minimum Gasteiger partial charge on any atom is -0.493 e. The topological polar surface area (TPSA) is 99.0 Å². The number of nitrogens with one attached hydrogen (secondary N) is 1. The Morgan fingerprint density at radius 1 is 0.914 bits per heavy atom. The van der Waals surface area contributed by atoms with Crippen molar-refractivity contribution in [2.75, 3.05) is 47.5 Å². The van der Waals surface area contributed by atoms with Crippen LogP contribution >= 0.6 is 0 Å². The third-order valence-electron chi connectivity index (χ3n) is 6.06. The summed E-state index contributed by atoms with van der Waals surface area (Å²) < 4.78 is 22.7. The quantitative estimate of drug-likeness (QED) is 0.452. The van der Waals surface area contributed by atoms with Gasteiger partial charge in [-0.05, 0) is 35.9 Å². The van der Waals surface area contributed by atoms with E-state index >= 15 is 0 Å². The number of ether oxygens (including phenoxy) is 3. The van der Waals surface area contributed by atoms with Crippen LogP contribution in [-0.2, 0) is 0 Å². The Labute approximate surface area is 202 Å². The maximum atomic E-state index is 13.0. The van der Waals surface area contributed by atoms with Crippen LogP contribution in [0.4, 0.5) is 0 Å². The smallest absolute Gasteiger partial charge is 0.272 e. The standard InChI is InChI=1S/C26H26N4O5/c1-32-22-13-17(14-23(33-2)25(22)34-3)21-15-19-24(35-21)18(5-7-28-19)16-4-6-29-20(12-16)26(31)30-10-8-27-9-11-30/h4-7,12-15,27H,8-11H2,1-3H3. The first-order valence-corrected chi connectivity index (χ1v) is 11.3. The van der Waals surface area contributed by atoms with Crippen LogP contribution in [-0.4, -0.2) is 68.3 Å². The van der Waals surface area contributed by atoms with Crippen molar-refractivity contribution in [3.63, 3.8) is 0 Å². The zero-order chi connectivity index (χ0) is 24.4. The minimum absolute atomic E-state index is 0.0730. The van der Waals surface area contributed by atoms with Crippen LogP contribution in [0.25, 0.3) is 33.6 Å². The molecule has 1 saturated heterocycles. The molecule has 0 bridgehead atoms. The van der Waals surface area contributed by atoms with Crippen LogP contribution in [0, 0.1) is 0 Å². The number of piperazine rings is 1. The van der Waals surface area contributed by atoms with E-state index in [-0.39, 0.29) is 5.91 Å². The second kappa shape index (κ2) is 9.63. The highest BCUT2D eigenvalue weighted by Crippen LogP contribution is 2.42. The minimum atomic E-state index is -0.0730. The summed E-state index contributed by atoms with van der Waals surface area (Å²) >= 11 is 0. The van der Waals surface area contributed by atoms with Crippen LogP contribution in [0.3, 0.4) is 0 Å². The molecule has 4 aromatic rings. The lowest BCUT2D eigenvalue weighted by Crippen LogP contribution is -2.46. The number of fused-ring (bicyclic) bond motifs is 1. The number of hydrogen-bond donors (Lipinski definition) is 1. The van der Waals surface area contributed by atoms with E-state index in [9.17, 15) is 4.79 Å².